The third-order valence-corrected chi connectivity index (χ3v) is 4.39. The van der Waals surface area contributed by atoms with Crippen LogP contribution in [-0.4, -0.2) is 54.3 Å². The largest absolute Gasteiger partial charge is 0.375 e. The van der Waals surface area contributed by atoms with Crippen LogP contribution in [0.4, 0.5) is 5.69 Å². The molecule has 2 aliphatic rings. The van der Waals surface area contributed by atoms with E-state index in [1.807, 2.05) is 37.3 Å². The van der Waals surface area contributed by atoms with Gasteiger partial charge in [0.2, 0.25) is 5.91 Å². The van der Waals surface area contributed by atoms with E-state index in [9.17, 15) is 9.59 Å². The van der Waals surface area contributed by atoms with Crippen molar-refractivity contribution in [2.45, 2.75) is 31.9 Å². The molecule has 128 valence electrons. The van der Waals surface area contributed by atoms with Gasteiger partial charge in [-0.15, -0.1) is 0 Å². The number of anilines is 1. The van der Waals surface area contributed by atoms with Crippen LogP contribution in [0.3, 0.4) is 0 Å². The Morgan fingerprint density at radius 3 is 2.75 bits per heavy atom. The Labute approximate surface area is 141 Å². The number of nitrogens with two attached hydrogens (primary N) is 1. The van der Waals surface area contributed by atoms with E-state index in [0.29, 0.717) is 25.4 Å². The number of carbonyl (C=O) groups is 2. The van der Waals surface area contributed by atoms with Gasteiger partial charge in [-0.25, -0.2) is 0 Å². The summed E-state index contributed by atoms with van der Waals surface area (Å²) in [6.07, 6.45) is 1.15. The first-order chi connectivity index (χ1) is 11.6. The summed E-state index contributed by atoms with van der Waals surface area (Å²) in [7, 11) is 0. The number of amides is 2. The highest BCUT2D eigenvalue weighted by Crippen LogP contribution is 2.25. The molecule has 3 rings (SSSR count). The minimum absolute atomic E-state index is 0.0573. The number of rotatable bonds is 4. The van der Waals surface area contributed by atoms with E-state index in [1.165, 1.54) is 0 Å². The van der Waals surface area contributed by atoms with Crippen molar-refractivity contribution in [2.75, 3.05) is 24.7 Å². The zero-order chi connectivity index (χ0) is 17.1. The zero-order valence-corrected chi connectivity index (χ0v) is 13.7. The maximum atomic E-state index is 12.8. The van der Waals surface area contributed by atoms with Crippen molar-refractivity contribution in [1.82, 2.24) is 4.90 Å². The van der Waals surface area contributed by atoms with Gasteiger partial charge in [-0.2, -0.15) is 5.10 Å². The second kappa shape index (κ2) is 7.00. The van der Waals surface area contributed by atoms with Gasteiger partial charge < -0.3 is 15.4 Å². The van der Waals surface area contributed by atoms with Gasteiger partial charge in [-0.1, -0.05) is 25.1 Å². The molecule has 1 saturated heterocycles. The van der Waals surface area contributed by atoms with Crippen molar-refractivity contribution in [3.63, 3.8) is 0 Å². The second-order valence-electron chi connectivity index (χ2n) is 6.00. The zero-order valence-electron chi connectivity index (χ0n) is 13.7. The number of hydrazone groups is 1. The smallest absolute Gasteiger partial charge is 0.270 e. The molecule has 2 atom stereocenters. The monoisotopic (exact) mass is 330 g/mol. The third-order valence-electron chi connectivity index (χ3n) is 4.39. The summed E-state index contributed by atoms with van der Waals surface area (Å²) >= 11 is 0. The van der Waals surface area contributed by atoms with Crippen molar-refractivity contribution in [3.05, 3.63) is 30.3 Å². The average Bonchev–Trinajstić information content (AvgIpc) is 3.07. The van der Waals surface area contributed by atoms with Crippen LogP contribution >= 0.6 is 0 Å². The van der Waals surface area contributed by atoms with Crippen molar-refractivity contribution >= 4 is 23.2 Å². The van der Waals surface area contributed by atoms with Gasteiger partial charge in [0.25, 0.3) is 5.91 Å². The molecule has 24 heavy (non-hydrogen) atoms. The maximum absolute atomic E-state index is 12.8. The van der Waals surface area contributed by atoms with E-state index in [2.05, 4.69) is 5.10 Å². The molecule has 0 saturated carbocycles. The van der Waals surface area contributed by atoms with Crippen LogP contribution in [-0.2, 0) is 14.3 Å². The fraction of sp³-hybridized carbons (Fsp3) is 0.471. The topological polar surface area (TPSA) is 88.2 Å². The minimum atomic E-state index is -0.630. The Balaban J connectivity index is 1.80. The highest BCUT2D eigenvalue weighted by Gasteiger charge is 2.37. The molecule has 2 N–H and O–H groups in total. The minimum Gasteiger partial charge on any atom is -0.375 e. The number of para-hydroxylation sites is 1. The quantitative estimate of drug-likeness (QED) is 0.882. The third kappa shape index (κ3) is 3.26. The Hall–Kier alpha value is -2.41. The Morgan fingerprint density at radius 1 is 1.33 bits per heavy atom. The number of carbonyl (C=O) groups excluding carboxylic acids is 2. The van der Waals surface area contributed by atoms with E-state index in [-0.39, 0.29) is 18.4 Å². The molecular formula is C17H22N4O3. The van der Waals surface area contributed by atoms with Gasteiger partial charge in [0.05, 0.1) is 18.4 Å². The molecule has 1 aromatic carbocycles. The van der Waals surface area contributed by atoms with Crippen molar-refractivity contribution < 1.29 is 14.3 Å². The first-order valence-corrected chi connectivity index (χ1v) is 8.22. The normalized spacial score (nSPS) is 24.0. The number of hydrogen-bond acceptors (Lipinski definition) is 5. The molecule has 0 aromatic heterocycles. The molecule has 2 aliphatic heterocycles. The van der Waals surface area contributed by atoms with E-state index >= 15 is 0 Å². The molecule has 0 spiro atoms. The number of morpholine rings is 1. The molecule has 1 aromatic rings. The molecule has 2 heterocycles. The number of hydrogen-bond donors (Lipinski definition) is 1. The van der Waals surface area contributed by atoms with Crippen LogP contribution in [0, 0.1) is 0 Å². The number of benzene rings is 1. The Morgan fingerprint density at radius 2 is 2.08 bits per heavy atom. The highest BCUT2D eigenvalue weighted by atomic mass is 16.5. The molecule has 0 bridgehead atoms. The molecule has 7 nitrogen and oxygen atoms in total. The van der Waals surface area contributed by atoms with E-state index in [4.69, 9.17) is 10.5 Å². The lowest BCUT2D eigenvalue weighted by Crippen LogP contribution is -2.48. The van der Waals surface area contributed by atoms with E-state index in [1.54, 1.807) is 9.91 Å². The molecule has 0 aliphatic carbocycles. The summed E-state index contributed by atoms with van der Waals surface area (Å²) in [6, 6.07) is 8.65. The summed E-state index contributed by atoms with van der Waals surface area (Å²) in [5.41, 5.74) is 6.63. The Kier molecular flexibility index (Phi) is 4.80. The van der Waals surface area contributed by atoms with Crippen LogP contribution in [0.5, 0.6) is 0 Å². The molecule has 0 unspecified atom stereocenters. The lowest BCUT2D eigenvalue weighted by atomic mass is 10.1. The second-order valence-corrected chi connectivity index (χ2v) is 6.00. The SMILES string of the molecule is CC[C@H]1CN(C(=O)C2=NN(c3ccccc3)[C@@H](C(N)=O)C2)CCO1. The molecule has 0 radical (unpaired) electrons. The number of primary amides is 1. The predicted molar refractivity (Wildman–Crippen MR) is 90.6 cm³/mol. The molecule has 2 amide bonds. The summed E-state index contributed by atoms with van der Waals surface area (Å²) in [5, 5.41) is 5.95. The van der Waals surface area contributed by atoms with Crippen molar-refractivity contribution in [2.24, 2.45) is 10.8 Å². The molecular weight excluding hydrogens is 308 g/mol. The van der Waals surface area contributed by atoms with E-state index < -0.39 is 11.9 Å². The van der Waals surface area contributed by atoms with Gasteiger partial charge in [-0.05, 0) is 18.6 Å². The van der Waals surface area contributed by atoms with Crippen molar-refractivity contribution in [1.29, 1.82) is 0 Å². The first-order valence-electron chi connectivity index (χ1n) is 8.22. The van der Waals surface area contributed by atoms with Gasteiger partial charge in [0, 0.05) is 19.5 Å². The number of nitrogens with zero attached hydrogens (tertiary/aromatic N) is 3. The summed E-state index contributed by atoms with van der Waals surface area (Å²) in [5.74, 6) is -0.625. The first kappa shape index (κ1) is 16.4. The van der Waals surface area contributed by atoms with Crippen LogP contribution in [0.1, 0.15) is 19.8 Å². The Bertz CT molecular complexity index is 646. The van der Waals surface area contributed by atoms with Gasteiger partial charge in [0.1, 0.15) is 11.8 Å². The standard InChI is InChI=1S/C17H22N4O3/c1-2-13-11-20(8-9-24-13)17(23)14-10-15(16(18)22)21(19-14)12-6-4-3-5-7-12/h3-7,13,15H,2,8-11H2,1H3,(H2,18,22)/t13-,15+/m0/s1. The summed E-state index contributed by atoms with van der Waals surface area (Å²) < 4.78 is 5.60. The van der Waals surface area contributed by atoms with Crippen molar-refractivity contribution in [3.8, 4) is 0 Å². The van der Waals surface area contributed by atoms with E-state index in [0.717, 1.165) is 12.1 Å². The fourth-order valence-corrected chi connectivity index (χ4v) is 3.01. The number of ether oxygens (including phenoxy) is 1. The van der Waals surface area contributed by atoms with Gasteiger partial charge in [0.15, 0.2) is 0 Å². The summed E-state index contributed by atoms with van der Waals surface area (Å²) in [4.78, 5) is 26.3. The van der Waals surface area contributed by atoms with Gasteiger partial charge in [-0.3, -0.25) is 14.6 Å². The predicted octanol–water partition coefficient (Wildman–Crippen LogP) is 0.744. The van der Waals surface area contributed by atoms with Crippen LogP contribution in [0.25, 0.3) is 0 Å². The maximum Gasteiger partial charge on any atom is 0.270 e. The average molecular weight is 330 g/mol. The van der Waals surface area contributed by atoms with Crippen LogP contribution < -0.4 is 10.7 Å². The molecule has 1 fully saturated rings. The summed E-state index contributed by atoms with van der Waals surface area (Å²) in [6.45, 7) is 3.66. The lowest BCUT2D eigenvalue weighted by Gasteiger charge is -2.32. The molecule has 7 heteroatoms. The van der Waals surface area contributed by atoms with Crippen LogP contribution in [0.2, 0.25) is 0 Å². The lowest BCUT2D eigenvalue weighted by molar-refractivity contribution is -0.131. The van der Waals surface area contributed by atoms with Gasteiger partial charge >= 0.3 is 0 Å². The highest BCUT2D eigenvalue weighted by molar-refractivity contribution is 6.40. The van der Waals surface area contributed by atoms with Crippen LogP contribution in [0.15, 0.2) is 35.4 Å². The fourth-order valence-electron chi connectivity index (χ4n) is 3.01.